The Morgan fingerprint density at radius 3 is 2.94 bits per heavy atom. The van der Waals surface area contributed by atoms with Crippen molar-refractivity contribution in [2.24, 2.45) is 7.05 Å². The zero-order valence-corrected chi connectivity index (χ0v) is 9.98. The van der Waals surface area contributed by atoms with E-state index in [2.05, 4.69) is 25.0 Å². The van der Waals surface area contributed by atoms with Gasteiger partial charge in [-0.05, 0) is 6.07 Å². The summed E-state index contributed by atoms with van der Waals surface area (Å²) < 4.78 is 27.3. The van der Waals surface area contributed by atoms with Crippen LogP contribution in [0, 0.1) is 0 Å². The molecule has 0 saturated heterocycles. The molecule has 9 heteroatoms. The number of rotatable bonds is 5. The second-order valence-corrected chi connectivity index (χ2v) is 5.14. The van der Waals surface area contributed by atoms with Crippen molar-refractivity contribution in [1.82, 2.24) is 29.7 Å². The maximum Gasteiger partial charge on any atom is 0.257 e. The molecule has 0 radical (unpaired) electrons. The molecule has 2 N–H and O–H groups in total. The molecule has 2 rings (SSSR count). The van der Waals surface area contributed by atoms with Crippen LogP contribution in [0.25, 0.3) is 0 Å². The number of aromatic amines is 1. The Labute approximate surface area is 98.1 Å². The number of aryl methyl sites for hydroxylation is 1. The molecule has 0 spiro atoms. The standard InChI is InChI=1S/C8H12N6O2S/c1-14-6-9-7(13-14)2-5-11-17(15,16)8-3-4-10-12-8/h3-4,6,11H,2,5H2,1H3,(H,10,12). The van der Waals surface area contributed by atoms with Crippen molar-refractivity contribution in [3.05, 3.63) is 24.4 Å². The molecule has 92 valence electrons. The zero-order chi connectivity index (χ0) is 12.3. The highest BCUT2D eigenvalue weighted by Crippen LogP contribution is 2.01. The number of nitrogens with zero attached hydrogens (tertiary/aromatic N) is 4. The fourth-order valence-corrected chi connectivity index (χ4v) is 2.21. The van der Waals surface area contributed by atoms with Gasteiger partial charge in [-0.1, -0.05) is 0 Å². The molecule has 2 heterocycles. The first-order valence-corrected chi connectivity index (χ1v) is 6.40. The van der Waals surface area contributed by atoms with Crippen LogP contribution in [0.5, 0.6) is 0 Å². The van der Waals surface area contributed by atoms with E-state index in [1.165, 1.54) is 12.3 Å². The quantitative estimate of drug-likeness (QED) is 0.718. The summed E-state index contributed by atoms with van der Waals surface area (Å²) in [5.41, 5.74) is 0. The van der Waals surface area contributed by atoms with Crippen molar-refractivity contribution in [3.63, 3.8) is 0 Å². The lowest BCUT2D eigenvalue weighted by Gasteiger charge is -2.02. The van der Waals surface area contributed by atoms with E-state index in [-0.39, 0.29) is 11.6 Å². The van der Waals surface area contributed by atoms with E-state index >= 15 is 0 Å². The normalized spacial score (nSPS) is 11.8. The van der Waals surface area contributed by atoms with Gasteiger partial charge in [0, 0.05) is 20.0 Å². The maximum atomic E-state index is 11.7. The number of sulfonamides is 1. The summed E-state index contributed by atoms with van der Waals surface area (Å²) in [6.45, 7) is 0.241. The number of aromatic nitrogens is 5. The molecule has 2 aromatic heterocycles. The van der Waals surface area contributed by atoms with Gasteiger partial charge in [0.2, 0.25) is 0 Å². The van der Waals surface area contributed by atoms with Crippen LogP contribution in [-0.4, -0.2) is 39.9 Å². The van der Waals surface area contributed by atoms with Crippen molar-refractivity contribution in [2.45, 2.75) is 11.4 Å². The van der Waals surface area contributed by atoms with Gasteiger partial charge >= 0.3 is 0 Å². The molecular formula is C8H12N6O2S. The monoisotopic (exact) mass is 256 g/mol. The second-order valence-electron chi connectivity index (χ2n) is 3.40. The SMILES string of the molecule is Cn1cnc(CCNS(=O)(=O)c2ccn[nH]2)n1. The third kappa shape index (κ3) is 2.88. The molecule has 0 unspecified atom stereocenters. The summed E-state index contributed by atoms with van der Waals surface area (Å²) in [6, 6.07) is 1.39. The van der Waals surface area contributed by atoms with Crippen LogP contribution in [0.4, 0.5) is 0 Å². The third-order valence-corrected chi connectivity index (χ3v) is 3.44. The van der Waals surface area contributed by atoms with Crippen LogP contribution < -0.4 is 4.72 Å². The second kappa shape index (κ2) is 4.63. The lowest BCUT2D eigenvalue weighted by atomic mass is 10.4. The van der Waals surface area contributed by atoms with Gasteiger partial charge in [0.25, 0.3) is 10.0 Å². The number of hydrogen-bond donors (Lipinski definition) is 2. The van der Waals surface area contributed by atoms with E-state index in [0.29, 0.717) is 12.2 Å². The minimum Gasteiger partial charge on any atom is -0.266 e. The summed E-state index contributed by atoms with van der Waals surface area (Å²) in [5, 5.41) is 10.1. The Bertz CT molecular complexity index is 573. The highest BCUT2D eigenvalue weighted by Gasteiger charge is 2.14. The van der Waals surface area contributed by atoms with Crippen molar-refractivity contribution < 1.29 is 8.42 Å². The topological polar surface area (TPSA) is 106 Å². The molecule has 0 aliphatic heterocycles. The van der Waals surface area contributed by atoms with Gasteiger partial charge in [0.05, 0.1) is 6.20 Å². The van der Waals surface area contributed by atoms with Gasteiger partial charge in [-0.25, -0.2) is 18.1 Å². The minimum atomic E-state index is -3.51. The molecule has 0 fully saturated rings. The fraction of sp³-hybridized carbons (Fsp3) is 0.375. The Kier molecular flexibility index (Phi) is 3.20. The van der Waals surface area contributed by atoms with Crippen molar-refractivity contribution in [1.29, 1.82) is 0 Å². The van der Waals surface area contributed by atoms with Crippen LogP contribution in [0.2, 0.25) is 0 Å². The van der Waals surface area contributed by atoms with E-state index in [1.54, 1.807) is 18.1 Å². The molecule has 0 aliphatic rings. The van der Waals surface area contributed by atoms with E-state index < -0.39 is 10.0 Å². The van der Waals surface area contributed by atoms with Gasteiger partial charge in [-0.2, -0.15) is 10.2 Å². The largest absolute Gasteiger partial charge is 0.266 e. The minimum absolute atomic E-state index is 0.0477. The molecular weight excluding hydrogens is 244 g/mol. The number of hydrogen-bond acceptors (Lipinski definition) is 5. The Balaban J connectivity index is 1.91. The van der Waals surface area contributed by atoms with Crippen LogP contribution in [0.15, 0.2) is 23.6 Å². The third-order valence-electron chi connectivity index (χ3n) is 2.05. The predicted molar refractivity (Wildman–Crippen MR) is 58.5 cm³/mol. The van der Waals surface area contributed by atoms with Gasteiger partial charge in [0.15, 0.2) is 10.9 Å². The first-order valence-electron chi connectivity index (χ1n) is 4.91. The number of H-pyrrole nitrogens is 1. The van der Waals surface area contributed by atoms with Crippen LogP contribution in [0.3, 0.4) is 0 Å². The lowest BCUT2D eigenvalue weighted by Crippen LogP contribution is -2.26. The molecule has 0 amide bonds. The smallest absolute Gasteiger partial charge is 0.257 e. The average Bonchev–Trinajstić information content (AvgIpc) is 2.89. The molecule has 17 heavy (non-hydrogen) atoms. The summed E-state index contributed by atoms with van der Waals surface area (Å²) >= 11 is 0. The summed E-state index contributed by atoms with van der Waals surface area (Å²) in [7, 11) is -1.76. The summed E-state index contributed by atoms with van der Waals surface area (Å²) in [5.74, 6) is 0.597. The summed E-state index contributed by atoms with van der Waals surface area (Å²) in [4.78, 5) is 3.99. The van der Waals surface area contributed by atoms with Crippen molar-refractivity contribution in [3.8, 4) is 0 Å². The molecule has 0 atom stereocenters. The molecule has 0 aromatic carbocycles. The van der Waals surface area contributed by atoms with Crippen molar-refractivity contribution >= 4 is 10.0 Å². The van der Waals surface area contributed by atoms with Gasteiger partial charge < -0.3 is 0 Å². The molecule has 0 bridgehead atoms. The molecule has 0 saturated carbocycles. The Morgan fingerprint density at radius 2 is 2.35 bits per heavy atom. The van der Waals surface area contributed by atoms with E-state index in [4.69, 9.17) is 0 Å². The van der Waals surface area contributed by atoms with E-state index in [1.807, 2.05) is 0 Å². The Morgan fingerprint density at radius 1 is 1.53 bits per heavy atom. The number of nitrogens with one attached hydrogen (secondary N) is 2. The maximum absolute atomic E-state index is 11.7. The van der Waals surface area contributed by atoms with Crippen LogP contribution in [0.1, 0.15) is 5.82 Å². The zero-order valence-electron chi connectivity index (χ0n) is 9.16. The van der Waals surface area contributed by atoms with E-state index in [9.17, 15) is 8.42 Å². The van der Waals surface area contributed by atoms with Gasteiger partial charge in [0.1, 0.15) is 6.33 Å². The fourth-order valence-electron chi connectivity index (χ4n) is 1.27. The molecule has 2 aromatic rings. The summed E-state index contributed by atoms with van der Waals surface area (Å²) in [6.07, 6.45) is 3.39. The Hall–Kier alpha value is -1.74. The molecule has 0 aliphatic carbocycles. The first-order chi connectivity index (χ1) is 8.08. The first kappa shape index (κ1) is 11.7. The lowest BCUT2D eigenvalue weighted by molar-refractivity contribution is 0.576. The highest BCUT2D eigenvalue weighted by molar-refractivity contribution is 7.89. The van der Waals surface area contributed by atoms with E-state index in [0.717, 1.165) is 0 Å². The van der Waals surface area contributed by atoms with Gasteiger partial charge in [-0.15, -0.1) is 0 Å². The predicted octanol–water partition coefficient (Wildman–Crippen LogP) is -0.941. The van der Waals surface area contributed by atoms with Crippen LogP contribution in [-0.2, 0) is 23.5 Å². The molecule has 8 nitrogen and oxygen atoms in total. The van der Waals surface area contributed by atoms with Gasteiger partial charge in [-0.3, -0.25) is 9.78 Å². The van der Waals surface area contributed by atoms with Crippen molar-refractivity contribution in [2.75, 3.05) is 6.54 Å². The highest BCUT2D eigenvalue weighted by atomic mass is 32.2. The van der Waals surface area contributed by atoms with Crippen LogP contribution >= 0.6 is 0 Å². The average molecular weight is 256 g/mol.